The van der Waals surface area contributed by atoms with E-state index < -0.39 is 0 Å². The molecule has 0 aromatic heterocycles. The molecule has 1 aliphatic carbocycles. The van der Waals surface area contributed by atoms with Crippen LogP contribution in [0.5, 0.6) is 5.75 Å². The molecule has 0 amide bonds. The van der Waals surface area contributed by atoms with Gasteiger partial charge in [-0.3, -0.25) is 0 Å². The van der Waals surface area contributed by atoms with Crippen molar-refractivity contribution >= 4 is 0 Å². The number of rotatable bonds is 2. The van der Waals surface area contributed by atoms with Gasteiger partial charge in [-0.25, -0.2) is 0 Å². The SMILES string of the molecule is C1=CCCC(Oc2ccccc2)C=C1. The Labute approximate surface area is 84.7 Å². The fourth-order valence-corrected chi connectivity index (χ4v) is 1.49. The Balaban J connectivity index is 1.98. The van der Waals surface area contributed by atoms with Crippen molar-refractivity contribution < 1.29 is 4.74 Å². The molecule has 0 heterocycles. The van der Waals surface area contributed by atoms with Gasteiger partial charge in [-0.1, -0.05) is 36.4 Å². The lowest BCUT2D eigenvalue weighted by Gasteiger charge is -2.13. The first-order valence-electron chi connectivity index (χ1n) is 5.00. The summed E-state index contributed by atoms with van der Waals surface area (Å²) in [7, 11) is 0. The van der Waals surface area contributed by atoms with Gasteiger partial charge in [0.1, 0.15) is 11.9 Å². The monoisotopic (exact) mass is 186 g/mol. The van der Waals surface area contributed by atoms with Gasteiger partial charge < -0.3 is 4.74 Å². The summed E-state index contributed by atoms with van der Waals surface area (Å²) in [5.74, 6) is 0.948. The van der Waals surface area contributed by atoms with Crippen molar-refractivity contribution in [2.75, 3.05) is 0 Å². The summed E-state index contributed by atoms with van der Waals surface area (Å²) in [5.41, 5.74) is 0. The topological polar surface area (TPSA) is 9.23 Å². The van der Waals surface area contributed by atoms with Gasteiger partial charge in [0.05, 0.1) is 0 Å². The summed E-state index contributed by atoms with van der Waals surface area (Å²) in [4.78, 5) is 0. The van der Waals surface area contributed by atoms with E-state index in [1.165, 1.54) is 0 Å². The molecule has 14 heavy (non-hydrogen) atoms. The molecule has 0 saturated heterocycles. The Morgan fingerprint density at radius 3 is 2.79 bits per heavy atom. The number of para-hydroxylation sites is 1. The van der Waals surface area contributed by atoms with Crippen LogP contribution in [0.25, 0.3) is 0 Å². The minimum atomic E-state index is 0.215. The quantitative estimate of drug-likeness (QED) is 0.688. The molecule has 1 aromatic carbocycles. The second kappa shape index (κ2) is 4.66. The lowest BCUT2D eigenvalue weighted by atomic mass is 10.2. The molecule has 0 radical (unpaired) electrons. The number of hydrogen-bond acceptors (Lipinski definition) is 1. The third-order valence-corrected chi connectivity index (χ3v) is 2.22. The first-order chi connectivity index (χ1) is 6.95. The average molecular weight is 186 g/mol. The smallest absolute Gasteiger partial charge is 0.120 e. The Bertz CT molecular complexity index is 324. The van der Waals surface area contributed by atoms with Crippen LogP contribution in [-0.2, 0) is 0 Å². The van der Waals surface area contributed by atoms with E-state index >= 15 is 0 Å². The van der Waals surface area contributed by atoms with Crippen molar-refractivity contribution in [1.29, 1.82) is 0 Å². The molecule has 0 spiro atoms. The first-order valence-corrected chi connectivity index (χ1v) is 5.00. The number of allylic oxidation sites excluding steroid dienone is 3. The van der Waals surface area contributed by atoms with Crippen LogP contribution in [0, 0.1) is 0 Å². The zero-order valence-corrected chi connectivity index (χ0v) is 8.10. The van der Waals surface area contributed by atoms with Gasteiger partial charge in [0.25, 0.3) is 0 Å². The molecule has 1 unspecified atom stereocenters. The summed E-state index contributed by atoms with van der Waals surface area (Å²) >= 11 is 0. The van der Waals surface area contributed by atoms with Gasteiger partial charge >= 0.3 is 0 Å². The second-order valence-electron chi connectivity index (χ2n) is 3.36. The molecule has 1 aromatic rings. The standard InChI is InChI=1S/C13H14O/c1-2-5-9-12(8-4-1)14-13-10-6-3-7-11-13/h1-4,6-8,10-12H,5,9H2. The van der Waals surface area contributed by atoms with Crippen LogP contribution in [0.15, 0.2) is 54.6 Å². The highest BCUT2D eigenvalue weighted by Crippen LogP contribution is 2.15. The molecule has 0 fully saturated rings. The van der Waals surface area contributed by atoms with E-state index in [9.17, 15) is 0 Å². The number of benzene rings is 1. The molecule has 0 N–H and O–H groups in total. The highest BCUT2D eigenvalue weighted by Gasteiger charge is 2.06. The van der Waals surface area contributed by atoms with Crippen LogP contribution < -0.4 is 4.74 Å². The largest absolute Gasteiger partial charge is 0.486 e. The number of ether oxygens (including phenoxy) is 1. The zero-order chi connectivity index (χ0) is 9.64. The van der Waals surface area contributed by atoms with Gasteiger partial charge in [0.2, 0.25) is 0 Å². The van der Waals surface area contributed by atoms with Gasteiger partial charge in [-0.2, -0.15) is 0 Å². The summed E-state index contributed by atoms with van der Waals surface area (Å²) < 4.78 is 5.81. The molecule has 1 aliphatic rings. The molecule has 2 rings (SSSR count). The Morgan fingerprint density at radius 2 is 1.93 bits per heavy atom. The molecule has 0 saturated carbocycles. The molecule has 1 atom stereocenters. The summed E-state index contributed by atoms with van der Waals surface area (Å²) in [5, 5.41) is 0. The van der Waals surface area contributed by atoms with Gasteiger partial charge in [0, 0.05) is 0 Å². The van der Waals surface area contributed by atoms with Crippen LogP contribution in [0.2, 0.25) is 0 Å². The van der Waals surface area contributed by atoms with Crippen molar-refractivity contribution in [2.24, 2.45) is 0 Å². The van der Waals surface area contributed by atoms with Crippen molar-refractivity contribution in [1.82, 2.24) is 0 Å². The van der Waals surface area contributed by atoms with Crippen LogP contribution >= 0.6 is 0 Å². The average Bonchev–Trinajstić information content (AvgIpc) is 2.48. The first kappa shape index (κ1) is 9.07. The van der Waals surface area contributed by atoms with E-state index in [2.05, 4.69) is 24.3 Å². The summed E-state index contributed by atoms with van der Waals surface area (Å²) in [6.45, 7) is 0. The number of hydrogen-bond donors (Lipinski definition) is 0. The lowest BCUT2D eigenvalue weighted by Crippen LogP contribution is -2.12. The van der Waals surface area contributed by atoms with E-state index in [1.807, 2.05) is 30.3 Å². The van der Waals surface area contributed by atoms with Gasteiger partial charge in [-0.05, 0) is 31.1 Å². The van der Waals surface area contributed by atoms with Crippen molar-refractivity contribution in [3.05, 3.63) is 54.6 Å². The fraction of sp³-hybridized carbons (Fsp3) is 0.231. The molecule has 0 bridgehead atoms. The van der Waals surface area contributed by atoms with Crippen LogP contribution in [0.4, 0.5) is 0 Å². The third kappa shape index (κ3) is 2.49. The third-order valence-electron chi connectivity index (χ3n) is 2.22. The summed E-state index contributed by atoms with van der Waals surface area (Å²) in [6.07, 6.45) is 10.8. The van der Waals surface area contributed by atoms with E-state index in [-0.39, 0.29) is 6.10 Å². The maximum atomic E-state index is 5.81. The zero-order valence-electron chi connectivity index (χ0n) is 8.10. The van der Waals surface area contributed by atoms with Gasteiger partial charge in [0.15, 0.2) is 0 Å². The normalized spacial score (nSPS) is 20.4. The highest BCUT2D eigenvalue weighted by molar-refractivity contribution is 5.22. The van der Waals surface area contributed by atoms with E-state index in [0.29, 0.717) is 0 Å². The molecular formula is C13H14O. The minimum absolute atomic E-state index is 0.215. The van der Waals surface area contributed by atoms with Crippen molar-refractivity contribution in [3.63, 3.8) is 0 Å². The van der Waals surface area contributed by atoms with Crippen LogP contribution in [-0.4, -0.2) is 6.10 Å². The van der Waals surface area contributed by atoms with Crippen molar-refractivity contribution in [3.8, 4) is 5.75 Å². The summed E-state index contributed by atoms with van der Waals surface area (Å²) in [6, 6.07) is 9.97. The lowest BCUT2D eigenvalue weighted by molar-refractivity contribution is 0.240. The van der Waals surface area contributed by atoms with Crippen LogP contribution in [0.1, 0.15) is 12.8 Å². The van der Waals surface area contributed by atoms with E-state index in [1.54, 1.807) is 0 Å². The van der Waals surface area contributed by atoms with E-state index in [0.717, 1.165) is 18.6 Å². The Kier molecular flexibility index (Phi) is 3.02. The predicted octanol–water partition coefficient (Wildman–Crippen LogP) is 3.34. The van der Waals surface area contributed by atoms with Crippen molar-refractivity contribution in [2.45, 2.75) is 18.9 Å². The maximum Gasteiger partial charge on any atom is 0.120 e. The molecule has 1 heteroatoms. The molecule has 1 nitrogen and oxygen atoms in total. The molecular weight excluding hydrogens is 172 g/mol. The predicted molar refractivity (Wildman–Crippen MR) is 58.4 cm³/mol. The van der Waals surface area contributed by atoms with Crippen LogP contribution in [0.3, 0.4) is 0 Å². The molecule has 72 valence electrons. The Hall–Kier alpha value is -1.50. The second-order valence-corrected chi connectivity index (χ2v) is 3.36. The minimum Gasteiger partial charge on any atom is -0.486 e. The van der Waals surface area contributed by atoms with Gasteiger partial charge in [-0.15, -0.1) is 0 Å². The Morgan fingerprint density at radius 1 is 1.07 bits per heavy atom. The molecule has 0 aliphatic heterocycles. The maximum absolute atomic E-state index is 5.81. The van der Waals surface area contributed by atoms with E-state index in [4.69, 9.17) is 4.74 Å². The fourth-order valence-electron chi connectivity index (χ4n) is 1.49. The highest BCUT2D eigenvalue weighted by atomic mass is 16.5.